The number of esters is 1. The van der Waals surface area contributed by atoms with E-state index in [1.807, 2.05) is 36.6 Å². The van der Waals surface area contributed by atoms with Crippen LogP contribution in [-0.4, -0.2) is 65.7 Å². The van der Waals surface area contributed by atoms with E-state index in [-0.39, 0.29) is 11.8 Å². The number of nitrogens with zero attached hydrogens (tertiary/aromatic N) is 4. The summed E-state index contributed by atoms with van der Waals surface area (Å²) in [5.41, 5.74) is 3.88. The van der Waals surface area contributed by atoms with Gasteiger partial charge in [0, 0.05) is 35.7 Å². The zero-order chi connectivity index (χ0) is 22.7. The van der Waals surface area contributed by atoms with Crippen molar-refractivity contribution in [2.45, 2.75) is 18.2 Å². The van der Waals surface area contributed by atoms with E-state index < -0.39 is 0 Å². The number of Topliss-reactive ketones (excluding diaryl/α,β-unsaturated/α-hetero) is 1. The highest BCUT2D eigenvalue weighted by Crippen LogP contribution is 2.30. The number of methoxy groups -OCH3 is 1. The summed E-state index contributed by atoms with van der Waals surface area (Å²) in [6.07, 6.45) is 0. The first-order valence-corrected chi connectivity index (χ1v) is 12.0. The van der Waals surface area contributed by atoms with Crippen molar-refractivity contribution in [2.24, 2.45) is 0 Å². The largest absolute Gasteiger partial charge is 0.465 e. The van der Waals surface area contributed by atoms with Gasteiger partial charge in [-0.3, -0.25) is 4.79 Å². The molecule has 0 unspecified atom stereocenters. The van der Waals surface area contributed by atoms with Crippen molar-refractivity contribution < 1.29 is 19.1 Å². The quantitative estimate of drug-likeness (QED) is 0.293. The molecule has 1 aliphatic heterocycles. The molecule has 1 aromatic carbocycles. The monoisotopic (exact) mass is 472 g/mol. The summed E-state index contributed by atoms with van der Waals surface area (Å²) in [5.74, 6) is -0.0361. The fourth-order valence-corrected chi connectivity index (χ4v) is 5.43. The molecule has 0 saturated carbocycles. The highest BCUT2D eigenvalue weighted by Gasteiger charge is 2.20. The van der Waals surface area contributed by atoms with E-state index in [1.165, 1.54) is 30.2 Å². The molecule has 0 spiro atoms. The van der Waals surface area contributed by atoms with Gasteiger partial charge in [0.2, 0.25) is 5.13 Å². The molecule has 168 valence electrons. The average Bonchev–Trinajstić information content (AvgIpc) is 3.42. The lowest BCUT2D eigenvalue weighted by molar-refractivity contribution is 0.0600. The van der Waals surface area contributed by atoms with Crippen molar-refractivity contribution in [3.05, 3.63) is 52.8 Å². The first-order valence-electron chi connectivity index (χ1n) is 10.2. The van der Waals surface area contributed by atoms with Crippen molar-refractivity contribution in [3.63, 3.8) is 0 Å². The molecule has 0 radical (unpaired) electrons. The third-order valence-electron chi connectivity index (χ3n) is 5.28. The van der Waals surface area contributed by atoms with E-state index in [0.29, 0.717) is 30.1 Å². The van der Waals surface area contributed by atoms with Crippen LogP contribution in [0.4, 0.5) is 5.13 Å². The summed E-state index contributed by atoms with van der Waals surface area (Å²) in [4.78, 5) is 26.8. The minimum absolute atomic E-state index is 0.0450. The lowest BCUT2D eigenvalue weighted by atomic mass is 10.2. The molecule has 0 amide bonds. The third-order valence-corrected chi connectivity index (χ3v) is 7.40. The number of ether oxygens (including phenoxy) is 2. The third kappa shape index (κ3) is 4.72. The molecular formula is C22H24N4O4S2. The molecule has 1 aliphatic rings. The lowest BCUT2D eigenvalue weighted by Gasteiger charge is -2.25. The van der Waals surface area contributed by atoms with Crippen LogP contribution in [0.3, 0.4) is 0 Å². The Labute approximate surface area is 194 Å². The van der Waals surface area contributed by atoms with Gasteiger partial charge >= 0.3 is 5.97 Å². The summed E-state index contributed by atoms with van der Waals surface area (Å²) >= 11 is 2.92. The van der Waals surface area contributed by atoms with E-state index in [1.54, 1.807) is 12.1 Å². The number of benzene rings is 1. The van der Waals surface area contributed by atoms with Crippen molar-refractivity contribution in [2.75, 3.05) is 44.1 Å². The van der Waals surface area contributed by atoms with E-state index in [2.05, 4.69) is 15.1 Å². The number of hydrogen-bond acceptors (Lipinski definition) is 9. The van der Waals surface area contributed by atoms with Crippen LogP contribution in [0.2, 0.25) is 0 Å². The van der Waals surface area contributed by atoms with E-state index in [9.17, 15) is 9.59 Å². The minimum atomic E-state index is -0.376. The molecule has 2 aromatic heterocycles. The highest BCUT2D eigenvalue weighted by molar-refractivity contribution is 8.01. The van der Waals surface area contributed by atoms with Crippen LogP contribution in [0, 0.1) is 13.8 Å². The molecule has 3 aromatic rings. The predicted octanol–water partition coefficient (Wildman–Crippen LogP) is 3.54. The van der Waals surface area contributed by atoms with Gasteiger partial charge in [-0.1, -0.05) is 23.1 Å². The Morgan fingerprint density at radius 3 is 2.56 bits per heavy atom. The summed E-state index contributed by atoms with van der Waals surface area (Å²) in [5, 5.41) is 9.37. The number of rotatable bonds is 7. The second-order valence-corrected chi connectivity index (χ2v) is 9.50. The topological polar surface area (TPSA) is 86.5 Å². The van der Waals surface area contributed by atoms with Crippen LogP contribution < -0.4 is 4.90 Å². The molecule has 1 saturated heterocycles. The van der Waals surface area contributed by atoms with Crippen molar-refractivity contribution in [1.29, 1.82) is 0 Å². The minimum Gasteiger partial charge on any atom is -0.465 e. The normalized spacial score (nSPS) is 13.9. The van der Waals surface area contributed by atoms with Crippen LogP contribution in [0.1, 0.15) is 32.1 Å². The van der Waals surface area contributed by atoms with Crippen molar-refractivity contribution in [3.8, 4) is 5.69 Å². The second kappa shape index (κ2) is 9.85. The van der Waals surface area contributed by atoms with Gasteiger partial charge in [0.05, 0.1) is 31.6 Å². The zero-order valence-corrected chi connectivity index (χ0v) is 19.8. The van der Waals surface area contributed by atoms with Gasteiger partial charge in [-0.15, -0.1) is 10.2 Å². The molecule has 4 rings (SSSR count). The van der Waals surface area contributed by atoms with Gasteiger partial charge in [-0.25, -0.2) is 4.79 Å². The molecule has 3 heterocycles. The van der Waals surface area contributed by atoms with E-state index >= 15 is 0 Å². The smallest absolute Gasteiger partial charge is 0.337 e. The van der Waals surface area contributed by atoms with Crippen LogP contribution >= 0.6 is 23.1 Å². The molecule has 32 heavy (non-hydrogen) atoms. The number of carbonyl (C=O) groups excluding carboxylic acids is 2. The number of carbonyl (C=O) groups is 2. The number of morpholine rings is 1. The lowest BCUT2D eigenvalue weighted by Crippen LogP contribution is -2.36. The van der Waals surface area contributed by atoms with Gasteiger partial charge < -0.3 is 18.9 Å². The Bertz CT molecular complexity index is 1120. The Morgan fingerprint density at radius 2 is 1.88 bits per heavy atom. The standard InChI is InChI=1S/C22H24N4O4S2/c1-14-12-18(15(2)26(14)17-6-4-16(5-7-17)20(28)29-3)19(27)13-31-22-24-23-21(32-22)25-8-10-30-11-9-25/h4-7,12H,8-11,13H2,1-3H3. The Kier molecular flexibility index (Phi) is 6.92. The number of thioether (sulfide) groups is 1. The first kappa shape index (κ1) is 22.5. The Morgan fingerprint density at radius 1 is 1.16 bits per heavy atom. The van der Waals surface area contributed by atoms with Crippen LogP contribution in [0.5, 0.6) is 0 Å². The molecule has 0 aliphatic carbocycles. The van der Waals surface area contributed by atoms with Crippen molar-refractivity contribution in [1.82, 2.24) is 14.8 Å². The number of aryl methyl sites for hydroxylation is 1. The molecular weight excluding hydrogens is 448 g/mol. The molecule has 0 atom stereocenters. The van der Waals surface area contributed by atoms with Crippen molar-refractivity contribution >= 4 is 40.0 Å². The van der Waals surface area contributed by atoms with E-state index in [0.717, 1.165) is 39.6 Å². The first-order chi connectivity index (χ1) is 15.5. The molecule has 8 nitrogen and oxygen atoms in total. The average molecular weight is 473 g/mol. The maximum Gasteiger partial charge on any atom is 0.337 e. The van der Waals surface area contributed by atoms with Gasteiger partial charge in [-0.05, 0) is 44.2 Å². The second-order valence-electron chi connectivity index (χ2n) is 7.32. The zero-order valence-electron chi connectivity index (χ0n) is 18.2. The number of ketones is 1. The number of aromatic nitrogens is 3. The van der Waals surface area contributed by atoms with Gasteiger partial charge in [0.15, 0.2) is 10.1 Å². The van der Waals surface area contributed by atoms with E-state index in [4.69, 9.17) is 9.47 Å². The summed E-state index contributed by atoms with van der Waals surface area (Å²) in [6, 6.07) is 9.05. The number of hydrogen-bond donors (Lipinski definition) is 0. The molecule has 0 N–H and O–H groups in total. The van der Waals surface area contributed by atoms with Crippen LogP contribution in [0.25, 0.3) is 5.69 Å². The Hall–Kier alpha value is -2.69. The van der Waals surface area contributed by atoms with Gasteiger partial charge in [0.1, 0.15) is 0 Å². The summed E-state index contributed by atoms with van der Waals surface area (Å²) in [6.45, 7) is 6.91. The van der Waals surface area contributed by atoms with Gasteiger partial charge in [-0.2, -0.15) is 0 Å². The maximum absolute atomic E-state index is 13.0. The molecule has 1 fully saturated rings. The maximum atomic E-state index is 13.0. The molecule has 0 bridgehead atoms. The Balaban J connectivity index is 1.44. The fraction of sp³-hybridized carbons (Fsp3) is 0.364. The number of anilines is 1. The van der Waals surface area contributed by atoms with Gasteiger partial charge in [0.25, 0.3) is 0 Å². The SMILES string of the molecule is COC(=O)c1ccc(-n2c(C)cc(C(=O)CSc3nnc(N4CCOCC4)s3)c2C)cc1. The predicted molar refractivity (Wildman–Crippen MR) is 125 cm³/mol. The van der Waals surface area contributed by atoms with Crippen LogP contribution in [-0.2, 0) is 9.47 Å². The highest BCUT2D eigenvalue weighted by atomic mass is 32.2. The molecule has 10 heteroatoms. The fourth-order valence-electron chi connectivity index (χ4n) is 3.66. The summed E-state index contributed by atoms with van der Waals surface area (Å²) in [7, 11) is 1.36. The summed E-state index contributed by atoms with van der Waals surface area (Å²) < 4.78 is 12.9. The van der Waals surface area contributed by atoms with Crippen LogP contribution in [0.15, 0.2) is 34.7 Å².